The van der Waals surface area contributed by atoms with Gasteiger partial charge in [0.1, 0.15) is 0 Å². The lowest BCUT2D eigenvalue weighted by molar-refractivity contribution is 0.101. The van der Waals surface area contributed by atoms with Crippen molar-refractivity contribution in [3.8, 4) is 5.13 Å². The number of rotatable bonds is 2. The molecule has 6 heteroatoms. The number of carbonyl (C=O) groups excluding carboxylic acids is 1. The molecule has 0 amide bonds. The summed E-state index contributed by atoms with van der Waals surface area (Å²) in [6, 6.07) is 0. The molecule has 0 atom stereocenters. The Morgan fingerprint density at radius 1 is 1.57 bits per heavy atom. The lowest BCUT2D eigenvalue weighted by Crippen LogP contribution is -2.00. The summed E-state index contributed by atoms with van der Waals surface area (Å²) in [5.74, 6) is -0.0784. The molecule has 2 rings (SSSR count). The van der Waals surface area contributed by atoms with E-state index >= 15 is 0 Å². The van der Waals surface area contributed by atoms with Gasteiger partial charge in [0, 0.05) is 18.5 Å². The molecule has 2 aromatic heterocycles. The molecule has 0 aliphatic rings. The summed E-state index contributed by atoms with van der Waals surface area (Å²) in [5, 5.41) is 10.3. The van der Waals surface area contributed by atoms with Gasteiger partial charge in [-0.25, -0.2) is 4.98 Å². The van der Waals surface area contributed by atoms with E-state index in [0.717, 1.165) is 10.8 Å². The van der Waals surface area contributed by atoms with Crippen LogP contribution in [0.15, 0.2) is 11.6 Å². The van der Waals surface area contributed by atoms with Crippen molar-refractivity contribution in [2.45, 2.75) is 13.8 Å². The Morgan fingerprint density at radius 3 is 2.86 bits per heavy atom. The van der Waals surface area contributed by atoms with Crippen LogP contribution in [0.25, 0.3) is 5.13 Å². The van der Waals surface area contributed by atoms with Crippen LogP contribution in [-0.2, 0) is 0 Å². The standard InChI is InChI=1S/C8H8N4OS/c1-5-7(6(2)13)10-11-12(5)8-9-3-4-14-8/h3-4H,1-2H3. The van der Waals surface area contributed by atoms with Crippen molar-refractivity contribution < 1.29 is 4.79 Å². The Balaban J connectivity index is 2.52. The Bertz CT molecular complexity index is 460. The monoisotopic (exact) mass is 208 g/mol. The maximum absolute atomic E-state index is 11.1. The number of nitrogens with zero attached hydrogens (tertiary/aromatic N) is 4. The third-order valence-corrected chi connectivity index (χ3v) is 2.58. The molecule has 0 spiro atoms. The zero-order chi connectivity index (χ0) is 10.1. The van der Waals surface area contributed by atoms with Crippen molar-refractivity contribution in [2.24, 2.45) is 0 Å². The summed E-state index contributed by atoms with van der Waals surface area (Å²) in [5.41, 5.74) is 1.13. The van der Waals surface area contributed by atoms with Crippen LogP contribution in [0.3, 0.4) is 0 Å². The van der Waals surface area contributed by atoms with Crippen LogP contribution < -0.4 is 0 Å². The minimum Gasteiger partial charge on any atom is -0.293 e. The molecule has 5 nitrogen and oxygen atoms in total. The molecular weight excluding hydrogens is 200 g/mol. The average Bonchev–Trinajstić information content (AvgIpc) is 2.71. The third kappa shape index (κ3) is 1.33. The lowest BCUT2D eigenvalue weighted by Gasteiger charge is -1.96. The van der Waals surface area contributed by atoms with Crippen LogP contribution in [-0.4, -0.2) is 25.8 Å². The summed E-state index contributed by atoms with van der Waals surface area (Å²) in [4.78, 5) is 15.2. The molecule has 0 radical (unpaired) electrons. The van der Waals surface area contributed by atoms with Gasteiger partial charge in [-0.2, -0.15) is 4.68 Å². The molecule has 2 aromatic rings. The fraction of sp³-hybridized carbons (Fsp3) is 0.250. The van der Waals surface area contributed by atoms with Gasteiger partial charge < -0.3 is 0 Å². The fourth-order valence-electron chi connectivity index (χ4n) is 1.16. The minimum absolute atomic E-state index is 0.0784. The summed E-state index contributed by atoms with van der Waals surface area (Å²) in [7, 11) is 0. The summed E-state index contributed by atoms with van der Waals surface area (Å²) in [6.07, 6.45) is 1.69. The first-order valence-corrected chi connectivity index (χ1v) is 4.91. The lowest BCUT2D eigenvalue weighted by atomic mass is 10.3. The van der Waals surface area contributed by atoms with Gasteiger partial charge in [-0.05, 0) is 6.92 Å². The Morgan fingerprint density at radius 2 is 2.36 bits per heavy atom. The molecular formula is C8H8N4OS. The molecule has 2 heterocycles. The quantitative estimate of drug-likeness (QED) is 0.696. The van der Waals surface area contributed by atoms with Crippen molar-refractivity contribution in [1.82, 2.24) is 20.0 Å². The van der Waals surface area contributed by atoms with Gasteiger partial charge in [0.25, 0.3) is 0 Å². The molecule has 0 aliphatic heterocycles. The maximum Gasteiger partial charge on any atom is 0.211 e. The van der Waals surface area contributed by atoms with Crippen molar-refractivity contribution >= 4 is 17.1 Å². The summed E-state index contributed by atoms with van der Waals surface area (Å²) >= 11 is 1.45. The van der Waals surface area contributed by atoms with E-state index < -0.39 is 0 Å². The van der Waals surface area contributed by atoms with Crippen LogP contribution in [0.2, 0.25) is 0 Å². The molecule has 0 bridgehead atoms. The number of aromatic nitrogens is 4. The van der Waals surface area contributed by atoms with E-state index in [9.17, 15) is 4.79 Å². The highest BCUT2D eigenvalue weighted by Gasteiger charge is 2.14. The molecule has 0 fully saturated rings. The van der Waals surface area contributed by atoms with Gasteiger partial charge in [0.15, 0.2) is 11.5 Å². The van der Waals surface area contributed by atoms with Crippen LogP contribution in [0.1, 0.15) is 23.1 Å². The van der Waals surface area contributed by atoms with Crippen LogP contribution in [0, 0.1) is 6.92 Å². The molecule has 72 valence electrons. The van der Waals surface area contributed by atoms with Crippen molar-refractivity contribution in [2.75, 3.05) is 0 Å². The predicted octanol–water partition coefficient (Wildman–Crippen LogP) is 1.23. The molecule has 0 aromatic carbocycles. The zero-order valence-corrected chi connectivity index (χ0v) is 8.58. The molecule has 0 unspecified atom stereocenters. The maximum atomic E-state index is 11.1. The van der Waals surface area contributed by atoms with Crippen molar-refractivity contribution in [3.05, 3.63) is 23.0 Å². The Labute approximate surface area is 84.4 Å². The van der Waals surface area contributed by atoms with E-state index in [4.69, 9.17) is 0 Å². The van der Waals surface area contributed by atoms with Gasteiger partial charge >= 0.3 is 0 Å². The van der Waals surface area contributed by atoms with Gasteiger partial charge in [0.05, 0.1) is 5.69 Å². The minimum atomic E-state index is -0.0784. The third-order valence-electron chi connectivity index (χ3n) is 1.83. The van der Waals surface area contributed by atoms with Crippen molar-refractivity contribution in [1.29, 1.82) is 0 Å². The number of ketones is 1. The van der Waals surface area contributed by atoms with E-state index in [0.29, 0.717) is 5.69 Å². The first-order valence-electron chi connectivity index (χ1n) is 4.03. The largest absolute Gasteiger partial charge is 0.293 e. The van der Waals surface area contributed by atoms with Gasteiger partial charge in [0.2, 0.25) is 5.13 Å². The Kier molecular flexibility index (Phi) is 2.12. The SMILES string of the molecule is CC(=O)c1nnn(-c2nccs2)c1C. The van der Waals surface area contributed by atoms with E-state index in [1.165, 1.54) is 18.3 Å². The smallest absolute Gasteiger partial charge is 0.211 e. The second-order valence-electron chi connectivity index (χ2n) is 2.81. The molecule has 0 saturated heterocycles. The van der Waals surface area contributed by atoms with Crippen LogP contribution >= 0.6 is 11.3 Å². The highest BCUT2D eigenvalue weighted by Crippen LogP contribution is 2.14. The second kappa shape index (κ2) is 3.30. The van der Waals surface area contributed by atoms with Crippen LogP contribution in [0.5, 0.6) is 0 Å². The van der Waals surface area contributed by atoms with Gasteiger partial charge in [-0.3, -0.25) is 4.79 Å². The highest BCUT2D eigenvalue weighted by molar-refractivity contribution is 7.12. The molecule has 0 N–H and O–H groups in total. The molecule has 0 aliphatic carbocycles. The second-order valence-corrected chi connectivity index (χ2v) is 3.68. The molecule has 0 saturated carbocycles. The first kappa shape index (κ1) is 9.01. The predicted molar refractivity (Wildman–Crippen MR) is 51.8 cm³/mol. The number of hydrogen-bond donors (Lipinski definition) is 0. The van der Waals surface area contributed by atoms with E-state index in [-0.39, 0.29) is 5.78 Å². The highest BCUT2D eigenvalue weighted by atomic mass is 32.1. The van der Waals surface area contributed by atoms with E-state index in [2.05, 4.69) is 15.3 Å². The topological polar surface area (TPSA) is 60.7 Å². The van der Waals surface area contributed by atoms with E-state index in [1.54, 1.807) is 17.8 Å². The average molecular weight is 208 g/mol. The summed E-state index contributed by atoms with van der Waals surface area (Å²) < 4.78 is 1.57. The number of Topliss-reactive ketones (excluding diaryl/α,β-unsaturated/α-hetero) is 1. The van der Waals surface area contributed by atoms with Gasteiger partial charge in [-0.1, -0.05) is 5.21 Å². The molecule has 14 heavy (non-hydrogen) atoms. The number of hydrogen-bond acceptors (Lipinski definition) is 5. The fourth-order valence-corrected chi connectivity index (χ4v) is 1.80. The Hall–Kier alpha value is -1.56. The van der Waals surface area contributed by atoms with E-state index in [1.807, 2.05) is 5.38 Å². The van der Waals surface area contributed by atoms with Crippen molar-refractivity contribution in [3.63, 3.8) is 0 Å². The van der Waals surface area contributed by atoms with Crippen LogP contribution in [0.4, 0.5) is 0 Å². The zero-order valence-electron chi connectivity index (χ0n) is 7.76. The number of thiazole rings is 1. The van der Waals surface area contributed by atoms with Gasteiger partial charge in [-0.15, -0.1) is 16.4 Å². The normalized spacial score (nSPS) is 10.4. The summed E-state index contributed by atoms with van der Waals surface area (Å²) in [6.45, 7) is 3.28. The number of carbonyl (C=O) groups is 1. The first-order chi connectivity index (χ1) is 6.70.